The molecule has 4 N–H and O–H groups in total. The van der Waals surface area contributed by atoms with Crippen molar-refractivity contribution in [3.63, 3.8) is 0 Å². The number of rotatable bonds is 6. The second-order valence-electron chi connectivity index (χ2n) is 6.96. The van der Waals surface area contributed by atoms with E-state index in [1.54, 1.807) is 0 Å². The van der Waals surface area contributed by atoms with E-state index in [1.165, 1.54) is 22.0 Å². The van der Waals surface area contributed by atoms with Crippen LogP contribution in [0, 0.1) is 0 Å². The second kappa shape index (κ2) is 10.1. The maximum atomic E-state index is 12.8. The van der Waals surface area contributed by atoms with E-state index in [0.29, 0.717) is 18.8 Å². The first-order valence-electron chi connectivity index (χ1n) is 9.14. The molecule has 14 heteroatoms. The van der Waals surface area contributed by atoms with Crippen LogP contribution in [0.25, 0.3) is 0 Å². The number of thiocarbonyl (C=S) groups is 1. The van der Waals surface area contributed by atoms with E-state index >= 15 is 0 Å². The number of β-lactam (4-membered cyclic amide) rings is 1. The molecule has 10 nitrogen and oxygen atoms in total. The van der Waals surface area contributed by atoms with Crippen LogP contribution in [0.4, 0.5) is 5.13 Å². The van der Waals surface area contributed by atoms with E-state index in [4.69, 9.17) is 22.7 Å². The van der Waals surface area contributed by atoms with Crippen LogP contribution in [-0.4, -0.2) is 67.5 Å². The van der Waals surface area contributed by atoms with Crippen molar-refractivity contribution in [2.24, 2.45) is 5.16 Å². The number of nitrogens with two attached hydrogens (primary N) is 1. The van der Waals surface area contributed by atoms with Gasteiger partial charge in [-0.15, -0.1) is 23.1 Å². The van der Waals surface area contributed by atoms with Crippen LogP contribution in [0.15, 0.2) is 21.8 Å². The number of carbonyl (C=O) groups excluding carboxylic acids is 2. The molecule has 2 fully saturated rings. The van der Waals surface area contributed by atoms with Crippen molar-refractivity contribution in [3.05, 3.63) is 22.3 Å². The number of thioether (sulfide) groups is 1. The Hall–Kier alpha value is -1.22. The number of hydrogen-bond acceptors (Lipinski definition) is 11. The van der Waals surface area contributed by atoms with Crippen molar-refractivity contribution in [3.8, 4) is 0 Å². The number of hydrogen-bond donors (Lipinski definition) is 3. The molecule has 1 aromatic heterocycles. The van der Waals surface area contributed by atoms with Crippen LogP contribution in [0.2, 0.25) is 0 Å². The number of oxime groups is 1. The molecule has 3 atom stereocenters. The van der Waals surface area contributed by atoms with Gasteiger partial charge in [0.2, 0.25) is 0 Å². The minimum atomic E-state index is -0.871. The second-order valence-corrected chi connectivity index (χ2v) is 9.32. The Morgan fingerprint density at radius 1 is 1.55 bits per heavy atom. The number of aromatic nitrogens is 1. The summed E-state index contributed by atoms with van der Waals surface area (Å²) < 4.78 is 5.65. The van der Waals surface area contributed by atoms with Gasteiger partial charge in [0.15, 0.2) is 10.8 Å². The Morgan fingerprint density at radius 3 is 2.90 bits per heavy atom. The zero-order valence-corrected chi connectivity index (χ0v) is 21.0. The predicted octanol–water partition coefficient (Wildman–Crippen LogP) is -3.18. The number of ether oxygens (including phenoxy) is 1. The van der Waals surface area contributed by atoms with Crippen LogP contribution in [0.1, 0.15) is 25.0 Å². The van der Waals surface area contributed by atoms with E-state index in [0.717, 1.165) is 29.8 Å². The summed E-state index contributed by atoms with van der Waals surface area (Å²) in [5, 5.41) is 27.5. The maximum absolute atomic E-state index is 12.8. The largest absolute Gasteiger partial charge is 1.00 e. The normalized spacial score (nSPS) is 25.5. The Bertz CT molecular complexity index is 962. The van der Waals surface area contributed by atoms with E-state index in [2.05, 4.69) is 15.5 Å². The third kappa shape index (κ3) is 4.77. The van der Waals surface area contributed by atoms with Gasteiger partial charge in [-0.1, -0.05) is 17.4 Å². The molecule has 2 saturated heterocycles. The van der Waals surface area contributed by atoms with Gasteiger partial charge < -0.3 is 26.1 Å². The maximum Gasteiger partial charge on any atom is 1.00 e. The van der Waals surface area contributed by atoms with Crippen molar-refractivity contribution in [1.29, 1.82) is 0 Å². The molecular weight excluding hydrogens is 473 g/mol. The molecule has 0 bridgehead atoms. The number of fused-ring (bicyclic) bond motifs is 1. The molecule has 31 heavy (non-hydrogen) atoms. The van der Waals surface area contributed by atoms with Gasteiger partial charge in [0.25, 0.3) is 11.8 Å². The quantitative estimate of drug-likeness (QED) is 0.0933. The van der Waals surface area contributed by atoms with E-state index in [1.807, 2.05) is 0 Å². The van der Waals surface area contributed by atoms with Crippen LogP contribution >= 0.6 is 35.3 Å². The summed E-state index contributed by atoms with van der Waals surface area (Å²) in [6.07, 6.45) is 2.47. The summed E-state index contributed by atoms with van der Waals surface area (Å²) in [6, 6.07) is -0.871. The molecule has 0 spiro atoms. The number of nitrogens with zero attached hydrogens (tertiary/aromatic N) is 3. The average molecular weight is 492 g/mol. The minimum Gasteiger partial charge on any atom is -0.863 e. The SMILES string of the molecule is Nc1nc(/C(=N/O)C(=O)NC2C(=O)N3C(C([O-])=S)=C(CC4CCCO4)CS[C@H]23)cs1.[Na+]. The summed E-state index contributed by atoms with van der Waals surface area (Å²) >= 11 is 7.42. The van der Waals surface area contributed by atoms with Gasteiger partial charge in [0.1, 0.15) is 17.1 Å². The summed E-state index contributed by atoms with van der Waals surface area (Å²) in [4.78, 5) is 30.6. The molecule has 4 heterocycles. The molecule has 0 radical (unpaired) electrons. The summed E-state index contributed by atoms with van der Waals surface area (Å²) in [6.45, 7) is 0.695. The van der Waals surface area contributed by atoms with Crippen LogP contribution in [0.5, 0.6) is 0 Å². The zero-order chi connectivity index (χ0) is 21.4. The Morgan fingerprint density at radius 2 is 2.32 bits per heavy atom. The molecule has 2 unspecified atom stereocenters. The van der Waals surface area contributed by atoms with Gasteiger partial charge in [-0.25, -0.2) is 4.98 Å². The van der Waals surface area contributed by atoms with Crippen LogP contribution in [0.3, 0.4) is 0 Å². The number of nitrogens with one attached hydrogen (secondary N) is 1. The van der Waals surface area contributed by atoms with E-state index in [-0.39, 0.29) is 57.9 Å². The molecule has 160 valence electrons. The Kier molecular flexibility index (Phi) is 8.00. The third-order valence-corrected chi connectivity index (χ3v) is 7.31. The topological polar surface area (TPSA) is 153 Å². The molecule has 3 aliphatic heterocycles. The summed E-state index contributed by atoms with van der Waals surface area (Å²) in [5.41, 5.74) is 6.35. The zero-order valence-electron chi connectivity index (χ0n) is 16.6. The van der Waals surface area contributed by atoms with Crippen LogP contribution < -0.4 is 45.7 Å². The Balaban J connectivity index is 0.00000272. The summed E-state index contributed by atoms with van der Waals surface area (Å²) in [7, 11) is 0. The Labute approximate surface area is 213 Å². The third-order valence-electron chi connectivity index (χ3n) is 5.10. The van der Waals surface area contributed by atoms with E-state index in [9.17, 15) is 19.9 Å². The minimum absolute atomic E-state index is 0. The van der Waals surface area contributed by atoms with Crippen molar-refractivity contribution in [2.75, 3.05) is 18.1 Å². The van der Waals surface area contributed by atoms with Gasteiger partial charge in [0.05, 0.1) is 6.10 Å². The molecule has 0 aliphatic carbocycles. The fourth-order valence-corrected chi connectivity index (χ4v) is 5.88. The van der Waals surface area contributed by atoms with Gasteiger partial charge in [-0.2, -0.15) is 0 Å². The monoisotopic (exact) mass is 491 g/mol. The molecule has 0 aromatic carbocycles. The first kappa shape index (κ1) is 24.4. The number of thiazole rings is 1. The fraction of sp³-hybridized carbons (Fsp3) is 0.471. The number of amides is 2. The molecular formula is C17H18N5NaO5S3. The van der Waals surface area contributed by atoms with Gasteiger partial charge in [0, 0.05) is 23.4 Å². The average Bonchev–Trinajstić information content (AvgIpc) is 3.38. The first-order valence-corrected chi connectivity index (χ1v) is 11.5. The number of anilines is 1. The standard InChI is InChI=1S/C17H19N5O5S3.Na/c18-17-19-9(6-30-17)10(21-26)13(23)20-11-14(24)22-12(16(25)28)7(5-29-15(11)22)4-8-2-1-3-27-8;/h6,8,11,15,26H,1-5H2,(H2,18,19)(H,20,23)(H,25,28);/q;+1/p-1/b21-10-;/t8?,11?,15-;/m1./s1. The molecule has 3 aliphatic rings. The van der Waals surface area contributed by atoms with Gasteiger partial charge >= 0.3 is 29.6 Å². The fourth-order valence-electron chi connectivity index (χ4n) is 3.73. The first-order chi connectivity index (χ1) is 14.4. The van der Waals surface area contributed by atoms with Crippen molar-refractivity contribution in [2.45, 2.75) is 36.8 Å². The number of nitrogen functional groups attached to an aromatic ring is 1. The molecule has 0 saturated carbocycles. The predicted molar refractivity (Wildman–Crippen MR) is 113 cm³/mol. The van der Waals surface area contributed by atoms with Crippen molar-refractivity contribution >= 4 is 63.0 Å². The number of carbonyl (C=O) groups is 2. The smallest absolute Gasteiger partial charge is 0.863 e. The molecule has 2 amide bonds. The van der Waals surface area contributed by atoms with Crippen LogP contribution in [-0.2, 0) is 14.3 Å². The van der Waals surface area contributed by atoms with Crippen molar-refractivity contribution in [1.82, 2.24) is 15.2 Å². The molecule has 1 aromatic rings. The van der Waals surface area contributed by atoms with Crippen molar-refractivity contribution < 1.29 is 54.2 Å². The van der Waals surface area contributed by atoms with E-state index < -0.39 is 28.3 Å². The molecule has 4 rings (SSSR count). The van der Waals surface area contributed by atoms with Gasteiger partial charge in [-0.05, 0) is 29.9 Å². The summed E-state index contributed by atoms with van der Waals surface area (Å²) in [5.74, 6) is -0.683. The van der Waals surface area contributed by atoms with Gasteiger partial charge in [-0.3, -0.25) is 14.5 Å².